The lowest BCUT2D eigenvalue weighted by atomic mass is 10.1. The fourth-order valence-corrected chi connectivity index (χ4v) is 2.75. The first-order valence-corrected chi connectivity index (χ1v) is 6.76. The van der Waals surface area contributed by atoms with Crippen molar-refractivity contribution in [2.45, 2.75) is 24.2 Å². The molecule has 0 bridgehead atoms. The molecule has 1 saturated heterocycles. The third-order valence-corrected chi connectivity index (χ3v) is 3.70. The first-order valence-electron chi connectivity index (χ1n) is 5.38. The maximum absolute atomic E-state index is 13.1. The van der Waals surface area contributed by atoms with E-state index < -0.39 is 10.2 Å². The van der Waals surface area contributed by atoms with Crippen LogP contribution in [0.3, 0.4) is 0 Å². The van der Waals surface area contributed by atoms with Gasteiger partial charge in [0.25, 0.3) is 0 Å². The molecule has 1 aromatic carbocycles. The van der Waals surface area contributed by atoms with Gasteiger partial charge in [-0.15, -0.1) is 3.89 Å². The van der Waals surface area contributed by atoms with Crippen LogP contribution in [0.1, 0.15) is 19.3 Å². The monoisotopic (exact) mass is 243 g/mol. The summed E-state index contributed by atoms with van der Waals surface area (Å²) in [5.74, 6) is 0. The standard InChI is InChI=1S/C11H14FNO2S/c12-16(14,15)11-7-3-2-6-10(11)13-8-4-1-5-9-13/h2-3,6-7H,1,4-5,8-9H2. The zero-order valence-electron chi connectivity index (χ0n) is 8.89. The molecule has 16 heavy (non-hydrogen) atoms. The molecule has 0 unspecified atom stereocenters. The summed E-state index contributed by atoms with van der Waals surface area (Å²) in [6.07, 6.45) is 3.21. The third kappa shape index (κ3) is 2.35. The molecule has 5 heteroatoms. The lowest BCUT2D eigenvalue weighted by molar-refractivity contribution is 0.547. The zero-order valence-corrected chi connectivity index (χ0v) is 9.71. The van der Waals surface area contributed by atoms with Crippen LogP contribution in [0.5, 0.6) is 0 Å². The van der Waals surface area contributed by atoms with Crippen LogP contribution in [-0.2, 0) is 10.2 Å². The number of nitrogens with zero attached hydrogens (tertiary/aromatic N) is 1. The summed E-state index contributed by atoms with van der Waals surface area (Å²) in [4.78, 5) is 1.73. The number of para-hydroxylation sites is 1. The Bertz CT molecular complexity index is 467. The highest BCUT2D eigenvalue weighted by Gasteiger charge is 2.21. The molecule has 3 nitrogen and oxygen atoms in total. The van der Waals surface area contributed by atoms with E-state index in [1.54, 1.807) is 18.2 Å². The molecule has 1 aliphatic heterocycles. The molecule has 0 radical (unpaired) electrons. The molecule has 88 valence electrons. The summed E-state index contributed by atoms with van der Waals surface area (Å²) in [7, 11) is -4.62. The SMILES string of the molecule is O=S(=O)(F)c1ccccc1N1CCCCC1. The quantitative estimate of drug-likeness (QED) is 0.748. The second kappa shape index (κ2) is 4.41. The van der Waals surface area contributed by atoms with Gasteiger partial charge in [0.2, 0.25) is 0 Å². The van der Waals surface area contributed by atoms with Crippen molar-refractivity contribution in [3.63, 3.8) is 0 Å². The maximum Gasteiger partial charge on any atom is 0.334 e. The van der Waals surface area contributed by atoms with E-state index in [0.717, 1.165) is 32.4 Å². The zero-order chi connectivity index (χ0) is 11.6. The second-order valence-electron chi connectivity index (χ2n) is 3.95. The van der Waals surface area contributed by atoms with Gasteiger partial charge in [0.15, 0.2) is 0 Å². The topological polar surface area (TPSA) is 37.4 Å². The van der Waals surface area contributed by atoms with E-state index in [9.17, 15) is 12.3 Å². The molecule has 0 aliphatic carbocycles. The average molecular weight is 243 g/mol. The Morgan fingerprint density at radius 1 is 1.06 bits per heavy atom. The first kappa shape index (κ1) is 11.4. The Hall–Kier alpha value is -1.10. The molecular weight excluding hydrogens is 229 g/mol. The lowest BCUT2D eigenvalue weighted by Gasteiger charge is -2.29. The normalized spacial score (nSPS) is 17.4. The molecule has 0 amide bonds. The van der Waals surface area contributed by atoms with Crippen LogP contribution in [0.4, 0.5) is 9.57 Å². The van der Waals surface area contributed by atoms with E-state index in [0.29, 0.717) is 5.69 Å². The molecule has 1 heterocycles. The van der Waals surface area contributed by atoms with Crippen LogP contribution >= 0.6 is 0 Å². The van der Waals surface area contributed by atoms with E-state index in [-0.39, 0.29) is 4.90 Å². The highest BCUT2D eigenvalue weighted by molar-refractivity contribution is 7.86. The van der Waals surface area contributed by atoms with Crippen LogP contribution in [0, 0.1) is 0 Å². The van der Waals surface area contributed by atoms with E-state index in [2.05, 4.69) is 0 Å². The highest BCUT2D eigenvalue weighted by Crippen LogP contribution is 2.28. The molecule has 0 spiro atoms. The van der Waals surface area contributed by atoms with Gasteiger partial charge in [-0.2, -0.15) is 8.42 Å². The Kier molecular flexibility index (Phi) is 3.14. The lowest BCUT2D eigenvalue weighted by Crippen LogP contribution is -2.30. The molecule has 1 fully saturated rings. The molecule has 0 saturated carbocycles. The number of hydrogen-bond donors (Lipinski definition) is 0. The number of benzene rings is 1. The van der Waals surface area contributed by atoms with Gasteiger partial charge in [-0.1, -0.05) is 12.1 Å². The average Bonchev–Trinajstić information content (AvgIpc) is 2.29. The van der Waals surface area contributed by atoms with Gasteiger partial charge < -0.3 is 4.90 Å². The van der Waals surface area contributed by atoms with E-state index in [1.165, 1.54) is 6.07 Å². The van der Waals surface area contributed by atoms with E-state index in [4.69, 9.17) is 0 Å². The summed E-state index contributed by atoms with van der Waals surface area (Å²) in [6.45, 7) is 1.60. The summed E-state index contributed by atoms with van der Waals surface area (Å²) in [6, 6.07) is 6.26. The molecule has 1 aromatic rings. The number of anilines is 1. The Labute approximate surface area is 95.1 Å². The summed E-state index contributed by atoms with van der Waals surface area (Å²) in [5, 5.41) is 0. The van der Waals surface area contributed by atoms with E-state index >= 15 is 0 Å². The van der Waals surface area contributed by atoms with Gasteiger partial charge in [0.1, 0.15) is 4.90 Å². The Morgan fingerprint density at radius 3 is 2.31 bits per heavy atom. The second-order valence-corrected chi connectivity index (χ2v) is 5.27. The molecule has 0 aromatic heterocycles. The molecule has 0 atom stereocenters. The molecule has 1 aliphatic rings. The fraction of sp³-hybridized carbons (Fsp3) is 0.455. The number of piperidine rings is 1. The number of halogens is 1. The van der Waals surface area contributed by atoms with Gasteiger partial charge in [0.05, 0.1) is 5.69 Å². The van der Waals surface area contributed by atoms with Crippen LogP contribution in [0.15, 0.2) is 29.2 Å². The molecule has 2 rings (SSSR count). The minimum atomic E-state index is -4.62. The van der Waals surface area contributed by atoms with Crippen molar-refractivity contribution in [3.05, 3.63) is 24.3 Å². The minimum absolute atomic E-state index is 0.211. The van der Waals surface area contributed by atoms with Gasteiger partial charge in [0, 0.05) is 13.1 Å². The van der Waals surface area contributed by atoms with Crippen LogP contribution < -0.4 is 4.90 Å². The largest absolute Gasteiger partial charge is 0.370 e. The van der Waals surface area contributed by atoms with Crippen LogP contribution in [0.25, 0.3) is 0 Å². The van der Waals surface area contributed by atoms with Crippen LogP contribution in [-0.4, -0.2) is 21.5 Å². The highest BCUT2D eigenvalue weighted by atomic mass is 32.3. The maximum atomic E-state index is 13.1. The summed E-state index contributed by atoms with van der Waals surface area (Å²) < 4.78 is 35.1. The molecular formula is C11H14FNO2S. The van der Waals surface area contributed by atoms with Gasteiger partial charge in [-0.05, 0) is 31.4 Å². The smallest absolute Gasteiger partial charge is 0.334 e. The van der Waals surface area contributed by atoms with Gasteiger partial charge in [-0.25, -0.2) is 0 Å². The van der Waals surface area contributed by atoms with Crippen molar-refractivity contribution < 1.29 is 12.3 Å². The summed E-state index contributed by atoms with van der Waals surface area (Å²) >= 11 is 0. The first-order chi connectivity index (χ1) is 7.59. The van der Waals surface area contributed by atoms with Gasteiger partial charge in [-0.3, -0.25) is 0 Å². The Morgan fingerprint density at radius 2 is 1.69 bits per heavy atom. The fourth-order valence-electron chi connectivity index (χ4n) is 2.06. The minimum Gasteiger partial charge on any atom is -0.370 e. The van der Waals surface area contributed by atoms with Crippen molar-refractivity contribution in [2.24, 2.45) is 0 Å². The van der Waals surface area contributed by atoms with E-state index in [1.807, 2.05) is 4.90 Å². The van der Waals surface area contributed by atoms with Crippen molar-refractivity contribution in [2.75, 3.05) is 18.0 Å². The van der Waals surface area contributed by atoms with Crippen molar-refractivity contribution >= 4 is 15.9 Å². The van der Waals surface area contributed by atoms with Crippen molar-refractivity contribution in [3.8, 4) is 0 Å². The van der Waals surface area contributed by atoms with Gasteiger partial charge >= 0.3 is 10.2 Å². The van der Waals surface area contributed by atoms with Crippen LogP contribution in [0.2, 0.25) is 0 Å². The third-order valence-electron chi connectivity index (χ3n) is 2.82. The van der Waals surface area contributed by atoms with Crippen molar-refractivity contribution in [1.82, 2.24) is 0 Å². The summed E-state index contributed by atoms with van der Waals surface area (Å²) in [5.41, 5.74) is 0.490. The predicted molar refractivity (Wildman–Crippen MR) is 60.8 cm³/mol. The number of hydrogen-bond acceptors (Lipinski definition) is 3. The van der Waals surface area contributed by atoms with Crippen molar-refractivity contribution in [1.29, 1.82) is 0 Å². The Balaban J connectivity index is 2.40. The predicted octanol–water partition coefficient (Wildman–Crippen LogP) is 2.34. The number of rotatable bonds is 2. The molecule has 0 N–H and O–H groups in total.